The van der Waals surface area contributed by atoms with Gasteiger partial charge in [-0.3, -0.25) is 9.59 Å². The number of hydrogen-bond acceptors (Lipinski definition) is 3. The van der Waals surface area contributed by atoms with Crippen LogP contribution >= 0.6 is 0 Å². The Balaban J connectivity index is 1.88. The zero-order chi connectivity index (χ0) is 16.9. The highest BCUT2D eigenvalue weighted by Gasteiger charge is 2.39. The van der Waals surface area contributed by atoms with Crippen molar-refractivity contribution in [1.29, 1.82) is 0 Å². The Hall–Kier alpha value is -2.04. The molecule has 0 saturated heterocycles. The van der Waals surface area contributed by atoms with Crippen LogP contribution < -0.4 is 10.1 Å². The summed E-state index contributed by atoms with van der Waals surface area (Å²) < 4.78 is 5.60. The van der Waals surface area contributed by atoms with Crippen molar-refractivity contribution in [2.24, 2.45) is 5.41 Å². The Morgan fingerprint density at radius 2 is 1.78 bits per heavy atom. The number of carbonyl (C=O) groups excluding carboxylic acids is 1. The smallest absolute Gasteiger partial charge is 0.311 e. The minimum Gasteiger partial charge on any atom is -0.483 e. The van der Waals surface area contributed by atoms with Crippen LogP contribution in [0.1, 0.15) is 43.2 Å². The first-order valence-electron chi connectivity index (χ1n) is 8.14. The largest absolute Gasteiger partial charge is 0.483 e. The minimum atomic E-state index is -0.813. The van der Waals surface area contributed by atoms with Gasteiger partial charge in [0.1, 0.15) is 5.75 Å². The van der Waals surface area contributed by atoms with Crippen LogP contribution in [0.5, 0.6) is 5.75 Å². The van der Waals surface area contributed by atoms with E-state index in [1.165, 1.54) is 0 Å². The number of aryl methyl sites for hydroxylation is 2. The second kappa shape index (κ2) is 7.49. The minimum absolute atomic E-state index is 0.0958. The van der Waals surface area contributed by atoms with E-state index in [1.54, 1.807) is 0 Å². The summed E-state index contributed by atoms with van der Waals surface area (Å²) in [6, 6.07) is 5.81. The molecule has 23 heavy (non-hydrogen) atoms. The maximum absolute atomic E-state index is 12.0. The molecule has 1 aromatic rings. The van der Waals surface area contributed by atoms with E-state index >= 15 is 0 Å². The molecule has 126 valence electrons. The van der Waals surface area contributed by atoms with Gasteiger partial charge in [-0.05, 0) is 37.8 Å². The first-order valence-corrected chi connectivity index (χ1v) is 8.14. The van der Waals surface area contributed by atoms with Crippen LogP contribution in [0, 0.1) is 19.3 Å². The molecular weight excluding hydrogens is 294 g/mol. The van der Waals surface area contributed by atoms with Gasteiger partial charge in [0.2, 0.25) is 0 Å². The lowest BCUT2D eigenvalue weighted by Gasteiger charge is -2.33. The van der Waals surface area contributed by atoms with Crippen LogP contribution in [0.2, 0.25) is 0 Å². The van der Waals surface area contributed by atoms with Gasteiger partial charge in [0, 0.05) is 6.54 Å². The van der Waals surface area contributed by atoms with Crippen LogP contribution in [-0.4, -0.2) is 30.1 Å². The van der Waals surface area contributed by atoms with Crippen LogP contribution in [-0.2, 0) is 9.59 Å². The predicted molar refractivity (Wildman–Crippen MR) is 87.6 cm³/mol. The van der Waals surface area contributed by atoms with E-state index in [0.717, 1.165) is 30.4 Å². The Morgan fingerprint density at radius 3 is 2.35 bits per heavy atom. The topological polar surface area (TPSA) is 75.6 Å². The Bertz CT molecular complexity index is 556. The number of para-hydroxylation sites is 1. The van der Waals surface area contributed by atoms with Gasteiger partial charge in [0.15, 0.2) is 6.61 Å². The Morgan fingerprint density at radius 1 is 1.17 bits per heavy atom. The number of amides is 1. The lowest BCUT2D eigenvalue weighted by Crippen LogP contribution is -2.45. The van der Waals surface area contributed by atoms with Gasteiger partial charge in [-0.2, -0.15) is 0 Å². The fraction of sp³-hybridized carbons (Fsp3) is 0.556. The average Bonchev–Trinajstić information content (AvgIpc) is 2.53. The summed E-state index contributed by atoms with van der Waals surface area (Å²) >= 11 is 0. The van der Waals surface area contributed by atoms with Crippen molar-refractivity contribution in [1.82, 2.24) is 5.32 Å². The molecule has 0 heterocycles. The quantitative estimate of drug-likeness (QED) is 0.845. The SMILES string of the molecule is Cc1cccc(C)c1OCC(=O)NCC1(C(=O)O)CCCCC1. The molecule has 1 amide bonds. The predicted octanol–water partition coefficient (Wildman–Crippen LogP) is 2.83. The molecule has 1 aromatic carbocycles. The molecule has 0 aliphatic heterocycles. The Kier molecular flexibility index (Phi) is 5.64. The highest BCUT2D eigenvalue weighted by Crippen LogP contribution is 2.36. The summed E-state index contributed by atoms with van der Waals surface area (Å²) in [6.07, 6.45) is 4.13. The number of carbonyl (C=O) groups is 2. The molecule has 5 nitrogen and oxygen atoms in total. The number of nitrogens with one attached hydrogen (secondary N) is 1. The van der Waals surface area contributed by atoms with Gasteiger partial charge in [0.25, 0.3) is 5.91 Å². The molecular formula is C18H25NO4. The lowest BCUT2D eigenvalue weighted by molar-refractivity contribution is -0.151. The summed E-state index contributed by atoms with van der Waals surface area (Å²) in [6.45, 7) is 3.95. The number of ether oxygens (including phenoxy) is 1. The van der Waals surface area contributed by atoms with E-state index in [4.69, 9.17) is 4.74 Å². The number of carboxylic acids is 1. The molecule has 1 saturated carbocycles. The number of benzene rings is 1. The number of aliphatic carboxylic acids is 1. The summed E-state index contributed by atoms with van der Waals surface area (Å²) in [5.41, 5.74) is 1.14. The van der Waals surface area contributed by atoms with Gasteiger partial charge in [0.05, 0.1) is 5.41 Å². The van der Waals surface area contributed by atoms with Gasteiger partial charge >= 0.3 is 5.97 Å². The molecule has 1 fully saturated rings. The molecule has 5 heteroatoms. The maximum atomic E-state index is 12.0. The number of rotatable bonds is 6. The van der Waals surface area contributed by atoms with Crippen molar-refractivity contribution < 1.29 is 19.4 Å². The fourth-order valence-electron chi connectivity index (χ4n) is 3.18. The third-order valence-electron chi connectivity index (χ3n) is 4.64. The van der Waals surface area contributed by atoms with E-state index in [0.29, 0.717) is 18.6 Å². The van der Waals surface area contributed by atoms with Crippen molar-refractivity contribution in [3.05, 3.63) is 29.3 Å². The zero-order valence-electron chi connectivity index (χ0n) is 13.9. The number of carboxylic acid groups (broad SMARTS) is 1. The molecule has 1 aliphatic carbocycles. The average molecular weight is 319 g/mol. The lowest BCUT2D eigenvalue weighted by atomic mass is 9.74. The molecule has 0 unspecified atom stereocenters. The summed E-state index contributed by atoms with van der Waals surface area (Å²) in [5.74, 6) is -0.375. The first-order chi connectivity index (χ1) is 10.9. The standard InChI is InChI=1S/C18H25NO4/c1-13-7-6-8-14(2)16(13)23-11-15(20)19-12-18(17(21)22)9-4-3-5-10-18/h6-8H,3-5,9-12H2,1-2H3,(H,19,20)(H,21,22). The van der Waals surface area contributed by atoms with Crippen LogP contribution in [0.25, 0.3) is 0 Å². The molecule has 0 aromatic heterocycles. The molecule has 0 radical (unpaired) electrons. The van der Waals surface area contributed by atoms with Gasteiger partial charge in [-0.1, -0.05) is 37.5 Å². The second-order valence-corrected chi connectivity index (χ2v) is 6.43. The maximum Gasteiger partial charge on any atom is 0.311 e. The fourth-order valence-corrected chi connectivity index (χ4v) is 3.18. The van der Waals surface area contributed by atoms with E-state index in [1.807, 2.05) is 32.0 Å². The summed E-state index contributed by atoms with van der Waals surface area (Å²) in [4.78, 5) is 23.6. The zero-order valence-corrected chi connectivity index (χ0v) is 13.9. The van der Waals surface area contributed by atoms with Crippen molar-refractivity contribution >= 4 is 11.9 Å². The highest BCUT2D eigenvalue weighted by molar-refractivity contribution is 5.80. The second-order valence-electron chi connectivity index (χ2n) is 6.43. The van der Waals surface area contributed by atoms with E-state index in [9.17, 15) is 14.7 Å². The molecule has 0 spiro atoms. The number of hydrogen-bond donors (Lipinski definition) is 2. The monoisotopic (exact) mass is 319 g/mol. The normalized spacial score (nSPS) is 16.6. The van der Waals surface area contributed by atoms with Crippen LogP contribution in [0.15, 0.2) is 18.2 Å². The van der Waals surface area contributed by atoms with E-state index in [-0.39, 0.29) is 19.1 Å². The van der Waals surface area contributed by atoms with Crippen molar-refractivity contribution in [2.45, 2.75) is 46.0 Å². The van der Waals surface area contributed by atoms with Crippen molar-refractivity contribution in [3.63, 3.8) is 0 Å². The third kappa shape index (κ3) is 4.24. The van der Waals surface area contributed by atoms with Gasteiger partial charge < -0.3 is 15.2 Å². The first kappa shape index (κ1) is 17.3. The van der Waals surface area contributed by atoms with Crippen molar-refractivity contribution in [3.8, 4) is 5.75 Å². The van der Waals surface area contributed by atoms with Crippen LogP contribution in [0.4, 0.5) is 0 Å². The molecule has 2 rings (SSSR count). The summed E-state index contributed by atoms with van der Waals surface area (Å²) in [7, 11) is 0. The molecule has 0 atom stereocenters. The van der Waals surface area contributed by atoms with Crippen LogP contribution in [0.3, 0.4) is 0 Å². The van der Waals surface area contributed by atoms with E-state index < -0.39 is 11.4 Å². The van der Waals surface area contributed by atoms with Gasteiger partial charge in [-0.15, -0.1) is 0 Å². The molecule has 0 bridgehead atoms. The van der Waals surface area contributed by atoms with Crippen molar-refractivity contribution in [2.75, 3.05) is 13.2 Å². The highest BCUT2D eigenvalue weighted by atomic mass is 16.5. The summed E-state index contributed by atoms with van der Waals surface area (Å²) in [5, 5.41) is 12.2. The molecule has 1 aliphatic rings. The van der Waals surface area contributed by atoms with E-state index in [2.05, 4.69) is 5.32 Å². The third-order valence-corrected chi connectivity index (χ3v) is 4.64. The van der Waals surface area contributed by atoms with Gasteiger partial charge in [-0.25, -0.2) is 0 Å². The molecule has 2 N–H and O–H groups in total. The Labute approximate surface area is 137 Å².